The molecule has 0 aliphatic carbocycles. The summed E-state index contributed by atoms with van der Waals surface area (Å²) in [5.41, 5.74) is 1.07. The molecule has 5 nitrogen and oxygen atoms in total. The van der Waals surface area contributed by atoms with Gasteiger partial charge in [0.1, 0.15) is 11.9 Å². The van der Waals surface area contributed by atoms with Gasteiger partial charge in [-0.2, -0.15) is 13.2 Å². The number of rotatable bonds is 4. The van der Waals surface area contributed by atoms with Gasteiger partial charge in [-0.3, -0.25) is 4.79 Å². The Hall–Kier alpha value is -2.84. The molecule has 1 unspecified atom stereocenters. The number of fused-ring (bicyclic) bond motifs is 1. The molecule has 5 rings (SSSR count). The molecule has 3 heterocycles. The lowest BCUT2D eigenvalue weighted by atomic mass is 10.0. The fourth-order valence-electron chi connectivity index (χ4n) is 4.91. The number of alkyl halides is 3. The van der Waals surface area contributed by atoms with Crippen molar-refractivity contribution in [2.45, 2.75) is 44.0 Å². The average molecular weight is 504 g/mol. The molecule has 0 N–H and O–H groups in total. The van der Waals surface area contributed by atoms with E-state index in [1.54, 1.807) is 17.0 Å². The van der Waals surface area contributed by atoms with E-state index in [1.807, 2.05) is 22.8 Å². The second kappa shape index (κ2) is 9.66. The van der Waals surface area contributed by atoms with Crippen LogP contribution in [0.15, 0.2) is 48.5 Å². The van der Waals surface area contributed by atoms with Crippen LogP contribution in [0, 0.1) is 0 Å². The Labute approximate surface area is 206 Å². The molecule has 2 fully saturated rings. The van der Waals surface area contributed by atoms with Crippen molar-refractivity contribution < 1.29 is 22.7 Å². The minimum atomic E-state index is -4.43. The molecule has 2 aliphatic rings. The summed E-state index contributed by atoms with van der Waals surface area (Å²) in [5.74, 6) is 0.591. The number of aromatic nitrogens is 2. The first kappa shape index (κ1) is 23.9. The van der Waals surface area contributed by atoms with Crippen LogP contribution in [0.25, 0.3) is 17.1 Å². The summed E-state index contributed by atoms with van der Waals surface area (Å²) in [6.07, 6.45) is 1.64. The maximum absolute atomic E-state index is 13.3. The first-order valence-electron chi connectivity index (χ1n) is 11.7. The van der Waals surface area contributed by atoms with Crippen LogP contribution >= 0.6 is 11.6 Å². The van der Waals surface area contributed by atoms with Crippen molar-refractivity contribution in [1.29, 1.82) is 0 Å². The monoisotopic (exact) mass is 503 g/mol. The van der Waals surface area contributed by atoms with E-state index in [0.717, 1.165) is 30.5 Å². The lowest BCUT2D eigenvalue weighted by Gasteiger charge is -2.33. The number of likely N-dealkylation sites (tertiary alicyclic amines) is 1. The number of carbonyl (C=O) groups is 1. The van der Waals surface area contributed by atoms with E-state index in [4.69, 9.17) is 16.3 Å². The molecule has 1 amide bonds. The predicted molar refractivity (Wildman–Crippen MR) is 128 cm³/mol. The van der Waals surface area contributed by atoms with Gasteiger partial charge in [0.05, 0.1) is 16.6 Å². The number of carbonyl (C=O) groups excluding carboxylic acids is 1. The van der Waals surface area contributed by atoms with Gasteiger partial charge in [-0.1, -0.05) is 29.8 Å². The minimum absolute atomic E-state index is 0.0209. The average Bonchev–Trinajstić information content (AvgIpc) is 3.50. The van der Waals surface area contributed by atoms with Gasteiger partial charge < -0.3 is 14.2 Å². The molecular weight excluding hydrogens is 479 g/mol. The molecule has 35 heavy (non-hydrogen) atoms. The second-order valence-electron chi connectivity index (χ2n) is 8.95. The fraction of sp³-hybridized carbons (Fsp3) is 0.385. The van der Waals surface area contributed by atoms with Crippen LogP contribution in [0.2, 0.25) is 5.02 Å². The second-order valence-corrected chi connectivity index (χ2v) is 9.36. The van der Waals surface area contributed by atoms with Gasteiger partial charge >= 0.3 is 6.18 Å². The van der Waals surface area contributed by atoms with E-state index in [2.05, 4.69) is 4.98 Å². The van der Waals surface area contributed by atoms with Crippen LogP contribution in [0.5, 0.6) is 0 Å². The standard InChI is InChI=1S/C26H25ClF3N3O2/c27-20-5-2-1-4-17(20)7-10-24(34)32-13-11-19(12-14-32)33-22-9-8-18(26(28,29)30)16-21(22)31-25(33)23-6-3-15-35-23/h1-2,4-5,7-10,16,19,23H,3,6,11-15H2/b10-7+. The van der Waals surface area contributed by atoms with Crippen molar-refractivity contribution in [1.82, 2.24) is 14.5 Å². The Balaban J connectivity index is 1.36. The van der Waals surface area contributed by atoms with Crippen LogP contribution in [0.4, 0.5) is 13.2 Å². The highest BCUT2D eigenvalue weighted by molar-refractivity contribution is 6.32. The highest BCUT2D eigenvalue weighted by Crippen LogP contribution is 2.38. The molecule has 2 aromatic carbocycles. The fourth-order valence-corrected chi connectivity index (χ4v) is 5.11. The van der Waals surface area contributed by atoms with Gasteiger partial charge in [0.15, 0.2) is 0 Å². The molecule has 0 saturated carbocycles. The molecule has 0 bridgehead atoms. The predicted octanol–water partition coefficient (Wildman–Crippen LogP) is 6.44. The largest absolute Gasteiger partial charge is 0.416 e. The van der Waals surface area contributed by atoms with Crippen LogP contribution in [0.3, 0.4) is 0 Å². The Morgan fingerprint density at radius 1 is 1.11 bits per heavy atom. The zero-order valence-corrected chi connectivity index (χ0v) is 19.7. The maximum atomic E-state index is 13.3. The first-order chi connectivity index (χ1) is 16.8. The number of imidazole rings is 1. The van der Waals surface area contributed by atoms with Gasteiger partial charge in [0, 0.05) is 36.8 Å². The Kier molecular flexibility index (Phi) is 6.59. The van der Waals surface area contributed by atoms with Crippen molar-refractivity contribution >= 4 is 34.6 Å². The highest BCUT2D eigenvalue weighted by Gasteiger charge is 2.34. The molecular formula is C26H25ClF3N3O2. The number of nitrogens with zero attached hydrogens (tertiary/aromatic N) is 3. The summed E-state index contributed by atoms with van der Waals surface area (Å²) in [4.78, 5) is 19.1. The van der Waals surface area contributed by atoms with Crippen LogP contribution < -0.4 is 0 Å². The Morgan fingerprint density at radius 2 is 1.89 bits per heavy atom. The summed E-state index contributed by atoms with van der Waals surface area (Å²) in [6, 6.07) is 11.1. The van der Waals surface area contributed by atoms with E-state index in [-0.39, 0.29) is 18.1 Å². The third-order valence-corrected chi connectivity index (χ3v) is 7.06. The molecule has 0 radical (unpaired) electrons. The number of piperidine rings is 1. The van der Waals surface area contributed by atoms with Crippen LogP contribution in [-0.4, -0.2) is 40.1 Å². The lowest BCUT2D eigenvalue weighted by molar-refractivity contribution is -0.137. The summed E-state index contributed by atoms with van der Waals surface area (Å²) in [7, 11) is 0. The van der Waals surface area contributed by atoms with E-state index in [1.165, 1.54) is 12.1 Å². The molecule has 2 aliphatic heterocycles. The van der Waals surface area contributed by atoms with Crippen LogP contribution in [0.1, 0.15) is 54.8 Å². The number of benzene rings is 2. The topological polar surface area (TPSA) is 47.4 Å². The zero-order chi connectivity index (χ0) is 24.6. The number of hydrogen-bond donors (Lipinski definition) is 0. The SMILES string of the molecule is O=C(/C=C/c1ccccc1Cl)N1CCC(n2c(C3CCCO3)nc3cc(C(F)(F)F)ccc32)CC1. The van der Waals surface area contributed by atoms with Crippen molar-refractivity contribution in [2.75, 3.05) is 19.7 Å². The Morgan fingerprint density at radius 3 is 2.57 bits per heavy atom. The number of ether oxygens (including phenoxy) is 1. The maximum Gasteiger partial charge on any atom is 0.416 e. The summed E-state index contributed by atoms with van der Waals surface area (Å²) in [6.45, 7) is 1.70. The minimum Gasteiger partial charge on any atom is -0.370 e. The van der Waals surface area contributed by atoms with Gasteiger partial charge in [-0.25, -0.2) is 4.98 Å². The van der Waals surface area contributed by atoms with Gasteiger partial charge in [-0.05, 0) is 61.6 Å². The molecule has 2 saturated heterocycles. The first-order valence-corrected chi connectivity index (χ1v) is 12.1. The number of amides is 1. The summed E-state index contributed by atoms with van der Waals surface area (Å²) >= 11 is 6.16. The normalized spacial score (nSPS) is 19.8. The van der Waals surface area contributed by atoms with Crippen molar-refractivity contribution in [3.8, 4) is 0 Å². The molecule has 1 atom stereocenters. The molecule has 0 spiro atoms. The number of halogens is 4. The van der Waals surface area contributed by atoms with Crippen molar-refractivity contribution in [2.24, 2.45) is 0 Å². The molecule has 184 valence electrons. The molecule has 1 aromatic heterocycles. The van der Waals surface area contributed by atoms with E-state index in [0.29, 0.717) is 54.4 Å². The van der Waals surface area contributed by atoms with Gasteiger partial charge in [-0.15, -0.1) is 0 Å². The zero-order valence-electron chi connectivity index (χ0n) is 19.0. The van der Waals surface area contributed by atoms with Gasteiger partial charge in [0.2, 0.25) is 5.91 Å². The third kappa shape index (κ3) is 4.95. The Bertz CT molecular complexity index is 1260. The number of hydrogen-bond acceptors (Lipinski definition) is 3. The van der Waals surface area contributed by atoms with Crippen molar-refractivity contribution in [3.05, 3.63) is 70.5 Å². The highest BCUT2D eigenvalue weighted by atomic mass is 35.5. The summed E-state index contributed by atoms with van der Waals surface area (Å²) in [5, 5.41) is 0.581. The van der Waals surface area contributed by atoms with Crippen molar-refractivity contribution in [3.63, 3.8) is 0 Å². The molecule has 3 aromatic rings. The third-order valence-electron chi connectivity index (χ3n) is 6.71. The van der Waals surface area contributed by atoms with Crippen LogP contribution in [-0.2, 0) is 15.7 Å². The van der Waals surface area contributed by atoms with E-state index >= 15 is 0 Å². The van der Waals surface area contributed by atoms with E-state index < -0.39 is 11.7 Å². The summed E-state index contributed by atoms with van der Waals surface area (Å²) < 4.78 is 47.7. The van der Waals surface area contributed by atoms with E-state index in [9.17, 15) is 18.0 Å². The lowest BCUT2D eigenvalue weighted by Crippen LogP contribution is -2.38. The van der Waals surface area contributed by atoms with Gasteiger partial charge in [0.25, 0.3) is 0 Å². The quantitative estimate of drug-likeness (QED) is 0.385. The molecule has 9 heteroatoms. The smallest absolute Gasteiger partial charge is 0.370 e.